The molecule has 3 heterocycles. The smallest absolute Gasteiger partial charge is 0.388 e. The van der Waals surface area contributed by atoms with Crippen molar-refractivity contribution in [3.05, 3.63) is 57.3 Å². The van der Waals surface area contributed by atoms with Crippen LogP contribution in [0.3, 0.4) is 0 Å². The van der Waals surface area contributed by atoms with Gasteiger partial charge in [0.1, 0.15) is 4.70 Å². The number of fused-ring (bicyclic) bond motifs is 3. The summed E-state index contributed by atoms with van der Waals surface area (Å²) in [4.78, 5) is 19.5. The lowest BCUT2D eigenvalue weighted by Gasteiger charge is -2.16. The van der Waals surface area contributed by atoms with Crippen molar-refractivity contribution in [2.45, 2.75) is 26.4 Å². The van der Waals surface area contributed by atoms with Gasteiger partial charge in [-0.25, -0.2) is 4.98 Å². The Kier molecular flexibility index (Phi) is 5.06. The minimum atomic E-state index is -3.02. The molecule has 0 aliphatic rings. The number of benzene rings is 1. The zero-order valence-corrected chi connectivity index (χ0v) is 16.6. The van der Waals surface area contributed by atoms with Gasteiger partial charge in [0.25, 0.3) is 5.56 Å². The number of hydrogen-bond acceptors (Lipinski definition) is 5. The first-order valence-electron chi connectivity index (χ1n) is 9.09. The number of thiophene rings is 1. The lowest BCUT2D eigenvalue weighted by Crippen LogP contribution is -2.10. The van der Waals surface area contributed by atoms with E-state index in [1.807, 2.05) is 37.3 Å². The van der Waals surface area contributed by atoms with E-state index in [1.54, 1.807) is 12.3 Å². The van der Waals surface area contributed by atoms with Crippen LogP contribution in [0.5, 0.6) is 5.88 Å². The second kappa shape index (κ2) is 7.53. The largest absolute Gasteiger partial charge is 0.416 e. The van der Waals surface area contributed by atoms with Gasteiger partial charge >= 0.3 is 6.61 Å². The summed E-state index contributed by atoms with van der Waals surface area (Å²) in [7, 11) is 0. The van der Waals surface area contributed by atoms with E-state index in [2.05, 4.69) is 9.97 Å². The van der Waals surface area contributed by atoms with Gasteiger partial charge in [-0.15, -0.1) is 11.3 Å². The molecule has 8 heteroatoms. The first kappa shape index (κ1) is 19.5. The summed E-state index contributed by atoms with van der Waals surface area (Å²) in [6, 6.07) is 9.34. The summed E-state index contributed by atoms with van der Waals surface area (Å²) in [5, 5.41) is 3.13. The quantitative estimate of drug-likeness (QED) is 0.492. The first-order chi connectivity index (χ1) is 13.9. The number of aryl methyl sites for hydroxylation is 1. The molecule has 3 aromatic heterocycles. The van der Waals surface area contributed by atoms with Gasteiger partial charge < -0.3 is 15.5 Å². The molecule has 0 saturated heterocycles. The highest BCUT2D eigenvalue weighted by Gasteiger charge is 2.22. The fourth-order valence-electron chi connectivity index (χ4n) is 3.50. The lowest BCUT2D eigenvalue weighted by molar-refractivity contribution is -0.0523. The van der Waals surface area contributed by atoms with Gasteiger partial charge in [-0.1, -0.05) is 31.2 Å². The average Bonchev–Trinajstić information content (AvgIpc) is 3.19. The summed E-state index contributed by atoms with van der Waals surface area (Å²) in [6.45, 7) is 1.16. The number of alkyl halides is 2. The van der Waals surface area contributed by atoms with Crippen LogP contribution in [-0.4, -0.2) is 23.1 Å². The van der Waals surface area contributed by atoms with Crippen molar-refractivity contribution in [2.24, 2.45) is 5.73 Å². The van der Waals surface area contributed by atoms with Crippen molar-refractivity contribution in [3.8, 4) is 17.0 Å². The topological polar surface area (TPSA) is 81.0 Å². The molecule has 4 rings (SSSR count). The van der Waals surface area contributed by atoms with Gasteiger partial charge in [0.15, 0.2) is 0 Å². The van der Waals surface area contributed by atoms with Crippen LogP contribution in [0.1, 0.15) is 24.1 Å². The summed E-state index contributed by atoms with van der Waals surface area (Å²) in [5.74, 6) is 0.0119. The van der Waals surface area contributed by atoms with Crippen LogP contribution < -0.4 is 16.0 Å². The van der Waals surface area contributed by atoms with E-state index in [0.29, 0.717) is 44.4 Å². The van der Waals surface area contributed by atoms with Crippen molar-refractivity contribution in [1.82, 2.24) is 9.97 Å². The van der Waals surface area contributed by atoms with Crippen LogP contribution in [0.25, 0.3) is 32.1 Å². The number of nitrogens with two attached hydrogens (primary N) is 1. The standard InChI is InChI=1S/C21H19F2N3O2S/c1-10(9-24)12-3-5-13(6-4-12)15-16-14-7-8-29-18(14)19(27)26-17(16)11(2)25-20(15)28-21(22)23/h3-8,10,21H,9,24H2,1-2H3,(H,26,27). The molecule has 150 valence electrons. The van der Waals surface area contributed by atoms with Crippen LogP contribution >= 0.6 is 11.3 Å². The number of rotatable bonds is 5. The molecule has 0 amide bonds. The van der Waals surface area contributed by atoms with Crippen LogP contribution in [-0.2, 0) is 0 Å². The third-order valence-electron chi connectivity index (χ3n) is 5.05. The van der Waals surface area contributed by atoms with E-state index in [0.717, 1.165) is 5.56 Å². The van der Waals surface area contributed by atoms with Crippen LogP contribution in [0, 0.1) is 6.92 Å². The predicted octanol–water partition coefficient (Wildman–Crippen LogP) is 4.78. The molecule has 29 heavy (non-hydrogen) atoms. The maximum atomic E-state index is 13.1. The molecule has 5 nitrogen and oxygen atoms in total. The molecule has 0 aliphatic carbocycles. The average molecular weight is 415 g/mol. The Bertz CT molecular complexity index is 1250. The molecule has 0 bridgehead atoms. The van der Waals surface area contributed by atoms with Crippen molar-refractivity contribution in [2.75, 3.05) is 6.54 Å². The van der Waals surface area contributed by atoms with E-state index < -0.39 is 6.61 Å². The molecular weight excluding hydrogens is 396 g/mol. The Morgan fingerprint density at radius 3 is 2.62 bits per heavy atom. The second-order valence-electron chi connectivity index (χ2n) is 6.88. The van der Waals surface area contributed by atoms with Crippen LogP contribution in [0.15, 0.2) is 40.5 Å². The zero-order chi connectivity index (χ0) is 20.7. The number of hydrogen-bond donors (Lipinski definition) is 2. The number of nitrogens with zero attached hydrogens (tertiary/aromatic N) is 1. The van der Waals surface area contributed by atoms with Crippen molar-refractivity contribution in [1.29, 1.82) is 0 Å². The van der Waals surface area contributed by atoms with Crippen molar-refractivity contribution in [3.63, 3.8) is 0 Å². The van der Waals surface area contributed by atoms with E-state index in [-0.39, 0.29) is 17.4 Å². The molecular formula is C21H19F2N3O2S. The Balaban J connectivity index is 2.08. The number of pyridine rings is 2. The molecule has 1 unspecified atom stereocenters. The lowest BCUT2D eigenvalue weighted by atomic mass is 9.95. The molecule has 0 spiro atoms. The fraction of sp³-hybridized carbons (Fsp3) is 0.238. The van der Waals surface area contributed by atoms with Gasteiger partial charge in [0.2, 0.25) is 5.88 Å². The number of nitrogens with one attached hydrogen (secondary N) is 1. The Morgan fingerprint density at radius 1 is 1.24 bits per heavy atom. The highest BCUT2D eigenvalue weighted by atomic mass is 32.1. The van der Waals surface area contributed by atoms with Gasteiger partial charge in [-0.3, -0.25) is 4.79 Å². The maximum Gasteiger partial charge on any atom is 0.388 e. The summed E-state index contributed by atoms with van der Waals surface area (Å²) in [5.41, 5.74) is 8.59. The van der Waals surface area contributed by atoms with E-state index in [1.165, 1.54) is 11.3 Å². The molecule has 0 aliphatic heterocycles. The zero-order valence-electron chi connectivity index (χ0n) is 15.8. The maximum absolute atomic E-state index is 13.1. The first-order valence-corrected chi connectivity index (χ1v) is 9.97. The van der Waals surface area contributed by atoms with E-state index in [9.17, 15) is 13.6 Å². The van der Waals surface area contributed by atoms with E-state index in [4.69, 9.17) is 10.5 Å². The minimum absolute atomic E-state index is 0.163. The Morgan fingerprint density at radius 2 is 1.97 bits per heavy atom. The fourth-order valence-corrected chi connectivity index (χ4v) is 4.30. The Labute approximate surface area is 169 Å². The second-order valence-corrected chi connectivity index (χ2v) is 7.80. The molecule has 0 fully saturated rings. The molecule has 1 aromatic carbocycles. The Hall–Kier alpha value is -2.84. The summed E-state index contributed by atoms with van der Waals surface area (Å²) in [6.07, 6.45) is 0. The molecule has 4 aromatic rings. The monoisotopic (exact) mass is 415 g/mol. The predicted molar refractivity (Wildman–Crippen MR) is 112 cm³/mol. The van der Waals surface area contributed by atoms with Crippen molar-refractivity contribution >= 4 is 32.3 Å². The van der Waals surface area contributed by atoms with Gasteiger partial charge in [0, 0.05) is 10.8 Å². The SMILES string of the molecule is Cc1nc(OC(F)F)c(-c2ccc(C(C)CN)cc2)c2c1[nH]c(=O)c1sccc12. The number of aromatic amines is 1. The van der Waals surface area contributed by atoms with Gasteiger partial charge in [-0.2, -0.15) is 8.78 Å². The van der Waals surface area contributed by atoms with Crippen LogP contribution in [0.2, 0.25) is 0 Å². The van der Waals surface area contributed by atoms with Crippen molar-refractivity contribution < 1.29 is 13.5 Å². The van der Waals surface area contributed by atoms with Gasteiger partial charge in [-0.05, 0) is 42.0 Å². The molecule has 3 N–H and O–H groups in total. The normalized spacial score (nSPS) is 12.8. The minimum Gasteiger partial charge on any atom is -0.416 e. The third-order valence-corrected chi connectivity index (χ3v) is 5.96. The molecule has 0 radical (unpaired) electrons. The number of H-pyrrole nitrogens is 1. The number of ether oxygens (including phenoxy) is 1. The highest BCUT2D eigenvalue weighted by molar-refractivity contribution is 7.17. The molecule has 0 saturated carbocycles. The summed E-state index contributed by atoms with van der Waals surface area (Å²) < 4.78 is 31.6. The highest BCUT2D eigenvalue weighted by Crippen LogP contribution is 2.40. The number of aromatic nitrogens is 2. The van der Waals surface area contributed by atoms with Gasteiger partial charge in [0.05, 0.1) is 16.8 Å². The summed E-state index contributed by atoms with van der Waals surface area (Å²) >= 11 is 1.30. The molecule has 1 atom stereocenters. The van der Waals surface area contributed by atoms with Crippen LogP contribution in [0.4, 0.5) is 8.78 Å². The number of halogens is 2. The third kappa shape index (κ3) is 3.38. The van der Waals surface area contributed by atoms with E-state index >= 15 is 0 Å².